The summed E-state index contributed by atoms with van der Waals surface area (Å²) in [6.45, 7) is 1.29. The van der Waals surface area contributed by atoms with E-state index in [0.717, 1.165) is 36.4 Å². The third-order valence-corrected chi connectivity index (χ3v) is 4.66. The number of benzene rings is 2. The lowest BCUT2D eigenvalue weighted by Crippen LogP contribution is -2.20. The van der Waals surface area contributed by atoms with E-state index in [1.54, 1.807) is 0 Å². The van der Waals surface area contributed by atoms with Gasteiger partial charge in [0.25, 0.3) is 5.91 Å². The topological polar surface area (TPSA) is 110 Å². The van der Waals surface area contributed by atoms with Crippen LogP contribution in [-0.2, 0) is 16.3 Å². The Balaban J connectivity index is 2.42. The summed E-state index contributed by atoms with van der Waals surface area (Å²) in [4.78, 5) is 24.0. The Labute approximate surface area is 157 Å². The minimum absolute atomic E-state index is 0.0532. The largest absolute Gasteiger partial charge is 0.478 e. The molecule has 0 aliphatic heterocycles. The van der Waals surface area contributed by atoms with Gasteiger partial charge in [-0.25, -0.2) is 4.79 Å². The average Bonchev–Trinajstić information content (AvgIpc) is 2.60. The fourth-order valence-electron chi connectivity index (χ4n) is 2.14. The quantitative estimate of drug-likeness (QED) is 0.698. The van der Waals surface area contributed by atoms with Crippen molar-refractivity contribution in [3.63, 3.8) is 0 Å². The zero-order chi connectivity index (χ0) is 21.1. The highest BCUT2D eigenvalue weighted by Gasteiger charge is 2.30. The summed E-state index contributed by atoms with van der Waals surface area (Å²) in [7, 11) is -4.06. The fraction of sp³-hybridized carbons (Fsp3) is 0.176. The first-order chi connectivity index (χ1) is 12.9. The number of carboxylic acids is 1. The van der Waals surface area contributed by atoms with E-state index < -0.39 is 56.4 Å². The Morgan fingerprint density at radius 1 is 1.11 bits per heavy atom. The van der Waals surface area contributed by atoms with Crippen LogP contribution in [0.25, 0.3) is 0 Å². The van der Waals surface area contributed by atoms with E-state index in [-0.39, 0.29) is 5.69 Å². The standard InChI is InChI=1S/C17H14F3NO6S/c1-2-28(25,26)27-13-5-3-4-12(16(23)24)14(13)15(22)21-11-8-6-10(7-9-11)17(18,19)20/h3-9H,2H2,1H3,(H,21,22)(H,23,24). The molecule has 2 aromatic rings. The number of carboxylic acid groups (broad SMARTS) is 1. The highest BCUT2D eigenvalue weighted by Crippen LogP contribution is 2.30. The molecule has 0 aromatic heterocycles. The van der Waals surface area contributed by atoms with Crippen molar-refractivity contribution in [2.45, 2.75) is 13.1 Å². The number of aromatic carboxylic acids is 1. The lowest BCUT2D eigenvalue weighted by molar-refractivity contribution is -0.137. The molecule has 0 spiro atoms. The van der Waals surface area contributed by atoms with E-state index in [9.17, 15) is 36.3 Å². The molecule has 0 saturated heterocycles. The highest BCUT2D eigenvalue weighted by atomic mass is 32.2. The Morgan fingerprint density at radius 3 is 2.21 bits per heavy atom. The van der Waals surface area contributed by atoms with Gasteiger partial charge in [-0.05, 0) is 43.3 Å². The Morgan fingerprint density at radius 2 is 1.71 bits per heavy atom. The molecule has 2 rings (SSSR count). The third-order valence-electron chi connectivity index (χ3n) is 3.52. The second kappa shape index (κ2) is 7.89. The number of rotatable bonds is 6. The van der Waals surface area contributed by atoms with Crippen molar-refractivity contribution in [1.82, 2.24) is 0 Å². The number of carbonyl (C=O) groups excluding carboxylic acids is 1. The summed E-state index contributed by atoms with van der Waals surface area (Å²) < 4.78 is 66.0. The molecule has 1 amide bonds. The van der Waals surface area contributed by atoms with Crippen molar-refractivity contribution < 1.29 is 40.5 Å². The summed E-state index contributed by atoms with van der Waals surface area (Å²) >= 11 is 0. The molecular weight excluding hydrogens is 403 g/mol. The number of halogens is 3. The Bertz CT molecular complexity index is 1000. The molecule has 28 heavy (non-hydrogen) atoms. The van der Waals surface area contributed by atoms with Crippen LogP contribution in [0.5, 0.6) is 5.75 Å². The van der Waals surface area contributed by atoms with Crippen molar-refractivity contribution >= 4 is 27.7 Å². The number of carbonyl (C=O) groups is 2. The monoisotopic (exact) mass is 417 g/mol. The van der Waals surface area contributed by atoms with Crippen LogP contribution in [0.3, 0.4) is 0 Å². The molecule has 0 aliphatic carbocycles. The van der Waals surface area contributed by atoms with E-state index in [1.807, 2.05) is 0 Å². The SMILES string of the molecule is CCS(=O)(=O)Oc1cccc(C(=O)O)c1C(=O)Nc1ccc(C(F)(F)F)cc1. The first-order valence-corrected chi connectivity index (χ1v) is 9.29. The van der Waals surface area contributed by atoms with Gasteiger partial charge in [0.2, 0.25) is 0 Å². The van der Waals surface area contributed by atoms with Crippen molar-refractivity contribution in [2.75, 3.05) is 11.1 Å². The van der Waals surface area contributed by atoms with Crippen LogP contribution in [-0.4, -0.2) is 31.2 Å². The number of alkyl halides is 3. The van der Waals surface area contributed by atoms with Crippen LogP contribution in [0.4, 0.5) is 18.9 Å². The molecule has 0 fully saturated rings. The number of anilines is 1. The normalized spacial score (nSPS) is 11.7. The maximum Gasteiger partial charge on any atom is 0.416 e. The van der Waals surface area contributed by atoms with Gasteiger partial charge in [0.05, 0.1) is 22.4 Å². The molecule has 0 aliphatic rings. The van der Waals surface area contributed by atoms with E-state index >= 15 is 0 Å². The summed E-state index contributed by atoms with van der Waals surface area (Å²) in [5.74, 6) is -3.51. The third kappa shape index (κ3) is 5.00. The van der Waals surface area contributed by atoms with E-state index in [0.29, 0.717) is 0 Å². The van der Waals surface area contributed by atoms with Crippen molar-refractivity contribution in [2.24, 2.45) is 0 Å². The molecule has 2 aromatic carbocycles. The number of hydrogen-bond acceptors (Lipinski definition) is 5. The van der Waals surface area contributed by atoms with E-state index in [2.05, 4.69) is 5.32 Å². The lowest BCUT2D eigenvalue weighted by Gasteiger charge is -2.14. The lowest BCUT2D eigenvalue weighted by atomic mass is 10.1. The van der Waals surface area contributed by atoms with Gasteiger partial charge in [0.15, 0.2) is 5.75 Å². The van der Waals surface area contributed by atoms with Crippen LogP contribution >= 0.6 is 0 Å². The summed E-state index contributed by atoms with van der Waals surface area (Å²) in [5.41, 5.74) is -2.10. The summed E-state index contributed by atoms with van der Waals surface area (Å²) in [6.07, 6.45) is -4.56. The average molecular weight is 417 g/mol. The second-order valence-corrected chi connectivity index (χ2v) is 7.30. The summed E-state index contributed by atoms with van der Waals surface area (Å²) in [6, 6.07) is 6.78. The smallest absolute Gasteiger partial charge is 0.416 e. The van der Waals surface area contributed by atoms with Gasteiger partial charge in [-0.1, -0.05) is 6.07 Å². The van der Waals surface area contributed by atoms with Crippen LogP contribution in [0.2, 0.25) is 0 Å². The molecule has 0 unspecified atom stereocenters. The van der Waals surface area contributed by atoms with E-state index in [4.69, 9.17) is 4.18 Å². The minimum atomic E-state index is -4.56. The molecule has 0 bridgehead atoms. The van der Waals surface area contributed by atoms with Gasteiger partial charge in [0, 0.05) is 5.69 Å². The van der Waals surface area contributed by atoms with Crippen LogP contribution in [0.15, 0.2) is 42.5 Å². The molecule has 0 radical (unpaired) electrons. The van der Waals surface area contributed by atoms with Crippen molar-refractivity contribution in [1.29, 1.82) is 0 Å². The Hall–Kier alpha value is -3.08. The number of hydrogen-bond donors (Lipinski definition) is 2. The zero-order valence-corrected chi connectivity index (χ0v) is 15.1. The van der Waals surface area contributed by atoms with Crippen LogP contribution in [0.1, 0.15) is 33.2 Å². The van der Waals surface area contributed by atoms with Gasteiger partial charge in [0.1, 0.15) is 0 Å². The first kappa shape index (κ1) is 21.2. The maximum atomic E-state index is 12.6. The predicted molar refractivity (Wildman–Crippen MR) is 92.9 cm³/mol. The molecule has 0 saturated carbocycles. The molecule has 0 heterocycles. The molecule has 7 nitrogen and oxygen atoms in total. The number of amides is 1. The van der Waals surface area contributed by atoms with E-state index in [1.165, 1.54) is 13.0 Å². The van der Waals surface area contributed by atoms with Crippen molar-refractivity contribution in [3.8, 4) is 5.75 Å². The number of nitrogens with one attached hydrogen (secondary N) is 1. The molecular formula is C17H14F3NO6S. The molecule has 150 valence electrons. The predicted octanol–water partition coefficient (Wildman–Crippen LogP) is 3.38. The minimum Gasteiger partial charge on any atom is -0.478 e. The van der Waals surface area contributed by atoms with Gasteiger partial charge >= 0.3 is 22.3 Å². The molecule has 2 N–H and O–H groups in total. The van der Waals surface area contributed by atoms with Gasteiger partial charge < -0.3 is 14.6 Å². The van der Waals surface area contributed by atoms with Crippen molar-refractivity contribution in [3.05, 3.63) is 59.2 Å². The zero-order valence-electron chi connectivity index (χ0n) is 14.3. The fourth-order valence-corrected chi connectivity index (χ4v) is 2.68. The highest BCUT2D eigenvalue weighted by molar-refractivity contribution is 7.87. The van der Waals surface area contributed by atoms with Gasteiger partial charge in [-0.3, -0.25) is 4.79 Å². The van der Waals surface area contributed by atoms with Crippen LogP contribution < -0.4 is 9.50 Å². The van der Waals surface area contributed by atoms with Gasteiger partial charge in [-0.2, -0.15) is 21.6 Å². The van der Waals surface area contributed by atoms with Crippen LogP contribution in [0, 0.1) is 0 Å². The molecule has 11 heteroatoms. The second-order valence-electron chi connectivity index (χ2n) is 5.44. The maximum absolute atomic E-state index is 12.6. The Kier molecular flexibility index (Phi) is 5.98. The summed E-state index contributed by atoms with van der Waals surface area (Å²) in [5, 5.41) is 11.5. The first-order valence-electron chi connectivity index (χ1n) is 7.71. The van der Waals surface area contributed by atoms with Gasteiger partial charge in [-0.15, -0.1) is 0 Å². The molecule has 0 atom stereocenters.